The second kappa shape index (κ2) is 7.23. The van der Waals surface area contributed by atoms with E-state index >= 15 is 0 Å². The van der Waals surface area contributed by atoms with Crippen LogP contribution in [0.1, 0.15) is 31.3 Å². The summed E-state index contributed by atoms with van der Waals surface area (Å²) in [6, 6.07) is 9.72. The summed E-state index contributed by atoms with van der Waals surface area (Å²) in [4.78, 5) is 26.6. The van der Waals surface area contributed by atoms with Crippen LogP contribution in [0.15, 0.2) is 30.3 Å². The van der Waals surface area contributed by atoms with Gasteiger partial charge in [0.05, 0.1) is 11.9 Å². The summed E-state index contributed by atoms with van der Waals surface area (Å²) in [5, 5.41) is 4.00. The van der Waals surface area contributed by atoms with Gasteiger partial charge in [0.25, 0.3) is 5.91 Å². The minimum absolute atomic E-state index is 0.0616. The number of rotatable bonds is 3. The Hall–Kier alpha value is -2.15. The Balaban J connectivity index is 1.64. The Kier molecular flexibility index (Phi) is 5.18. The molecule has 0 unspecified atom stereocenters. The molecule has 1 fully saturated rings. The molecule has 26 heavy (non-hydrogen) atoms. The van der Waals surface area contributed by atoms with Crippen molar-refractivity contribution in [2.24, 2.45) is 7.05 Å². The van der Waals surface area contributed by atoms with E-state index in [1.165, 1.54) is 0 Å². The highest BCUT2D eigenvalue weighted by atomic mass is 32.2. The smallest absolute Gasteiger partial charge is 0.411 e. The van der Waals surface area contributed by atoms with Crippen molar-refractivity contribution in [3.63, 3.8) is 0 Å². The minimum Gasteiger partial charge on any atom is -0.444 e. The Morgan fingerprint density at radius 2 is 2.04 bits per heavy atom. The van der Waals surface area contributed by atoms with E-state index < -0.39 is 5.60 Å². The number of aryl methyl sites for hydroxylation is 1. The molecule has 0 spiro atoms. The molecular weight excluding hydrogens is 350 g/mol. The summed E-state index contributed by atoms with van der Waals surface area (Å²) in [7, 11) is 1.88. The Morgan fingerprint density at radius 3 is 2.73 bits per heavy atom. The van der Waals surface area contributed by atoms with Crippen molar-refractivity contribution in [3.05, 3.63) is 36.0 Å². The number of nitrogens with one attached hydrogen (secondary N) is 1. The SMILES string of the molecule is Cn1c(C(=O)NC[C@@H]2CSCN2C(=O)OC(C)(C)C)cc2ccccc21. The lowest BCUT2D eigenvalue weighted by Crippen LogP contribution is -2.46. The molecular formula is C19H25N3O3S. The molecule has 1 aliphatic rings. The summed E-state index contributed by atoms with van der Waals surface area (Å²) < 4.78 is 7.35. The van der Waals surface area contributed by atoms with Gasteiger partial charge in [-0.2, -0.15) is 0 Å². The van der Waals surface area contributed by atoms with Crippen LogP contribution in [0.4, 0.5) is 4.79 Å². The monoisotopic (exact) mass is 375 g/mol. The average molecular weight is 375 g/mol. The molecule has 2 heterocycles. The zero-order chi connectivity index (χ0) is 18.9. The van der Waals surface area contributed by atoms with Crippen LogP contribution >= 0.6 is 11.8 Å². The standard InChI is InChI=1S/C19H25N3O3S/c1-19(2,3)25-18(24)22-12-26-11-14(22)10-20-17(23)16-9-13-7-5-6-8-15(13)21(16)4/h5-9,14H,10-12H2,1-4H3,(H,20,23)/t14-/m1/s1. The van der Waals surface area contributed by atoms with Gasteiger partial charge in [-0.25, -0.2) is 4.79 Å². The molecule has 1 aliphatic heterocycles. The van der Waals surface area contributed by atoms with E-state index in [9.17, 15) is 9.59 Å². The summed E-state index contributed by atoms with van der Waals surface area (Å²) in [6.07, 6.45) is -0.327. The van der Waals surface area contributed by atoms with Gasteiger partial charge in [0.1, 0.15) is 11.3 Å². The van der Waals surface area contributed by atoms with Crippen molar-refractivity contribution < 1.29 is 14.3 Å². The molecule has 1 aromatic heterocycles. The number of para-hydroxylation sites is 1. The predicted octanol–water partition coefficient (Wildman–Crippen LogP) is 3.22. The average Bonchev–Trinajstić information content (AvgIpc) is 3.16. The van der Waals surface area contributed by atoms with Crippen LogP contribution < -0.4 is 5.32 Å². The van der Waals surface area contributed by atoms with Gasteiger partial charge in [-0.1, -0.05) is 18.2 Å². The normalized spacial score (nSPS) is 17.5. The number of ether oxygens (including phenoxy) is 1. The fraction of sp³-hybridized carbons (Fsp3) is 0.474. The van der Waals surface area contributed by atoms with Crippen molar-refractivity contribution in [3.8, 4) is 0 Å². The van der Waals surface area contributed by atoms with Crippen LogP contribution in [-0.4, -0.2) is 51.3 Å². The zero-order valence-corrected chi connectivity index (χ0v) is 16.4. The van der Waals surface area contributed by atoms with Gasteiger partial charge in [-0.15, -0.1) is 11.8 Å². The molecule has 1 aromatic carbocycles. The van der Waals surface area contributed by atoms with E-state index in [2.05, 4.69) is 5.32 Å². The number of hydrogen-bond acceptors (Lipinski definition) is 4. The highest BCUT2D eigenvalue weighted by molar-refractivity contribution is 7.99. The number of aromatic nitrogens is 1. The minimum atomic E-state index is -0.527. The van der Waals surface area contributed by atoms with Crippen LogP contribution in [0.25, 0.3) is 10.9 Å². The lowest BCUT2D eigenvalue weighted by molar-refractivity contribution is 0.0239. The highest BCUT2D eigenvalue weighted by Gasteiger charge is 2.33. The molecule has 7 heteroatoms. The second-order valence-electron chi connectivity index (χ2n) is 7.46. The molecule has 0 bridgehead atoms. The lowest BCUT2D eigenvalue weighted by atomic mass is 10.2. The number of carbonyl (C=O) groups excluding carboxylic acids is 2. The van der Waals surface area contributed by atoms with E-state index in [1.807, 2.05) is 62.7 Å². The zero-order valence-electron chi connectivity index (χ0n) is 15.6. The van der Waals surface area contributed by atoms with Gasteiger partial charge in [0, 0.05) is 30.2 Å². The lowest BCUT2D eigenvalue weighted by Gasteiger charge is -2.28. The predicted molar refractivity (Wildman–Crippen MR) is 104 cm³/mol. The van der Waals surface area contributed by atoms with Crippen LogP contribution in [-0.2, 0) is 11.8 Å². The number of amides is 2. The first-order chi connectivity index (χ1) is 12.3. The Morgan fingerprint density at radius 1 is 1.31 bits per heavy atom. The molecule has 140 valence electrons. The van der Waals surface area contributed by atoms with Crippen molar-refractivity contribution >= 4 is 34.7 Å². The van der Waals surface area contributed by atoms with Crippen LogP contribution in [0.5, 0.6) is 0 Å². The number of hydrogen-bond donors (Lipinski definition) is 1. The van der Waals surface area contributed by atoms with Gasteiger partial charge < -0.3 is 14.6 Å². The van der Waals surface area contributed by atoms with E-state index in [0.717, 1.165) is 16.7 Å². The van der Waals surface area contributed by atoms with E-state index in [4.69, 9.17) is 4.74 Å². The van der Waals surface area contributed by atoms with Gasteiger partial charge >= 0.3 is 6.09 Å². The Bertz CT molecular complexity index is 825. The largest absolute Gasteiger partial charge is 0.444 e. The maximum absolute atomic E-state index is 12.6. The third-order valence-corrected chi connectivity index (χ3v) is 5.37. The molecule has 2 amide bonds. The molecule has 1 atom stereocenters. The van der Waals surface area contributed by atoms with Gasteiger partial charge in [0.15, 0.2) is 0 Å². The summed E-state index contributed by atoms with van der Waals surface area (Å²) in [6.45, 7) is 5.97. The third-order valence-electron chi connectivity index (χ3n) is 4.29. The maximum atomic E-state index is 12.6. The van der Waals surface area contributed by atoms with Gasteiger partial charge in [-0.3, -0.25) is 9.69 Å². The number of thioether (sulfide) groups is 1. The molecule has 1 N–H and O–H groups in total. The molecule has 0 saturated carbocycles. The van der Waals surface area contributed by atoms with Gasteiger partial charge in [0.2, 0.25) is 0 Å². The van der Waals surface area contributed by atoms with Crippen molar-refractivity contribution in [2.75, 3.05) is 18.2 Å². The van der Waals surface area contributed by atoms with Crippen molar-refractivity contribution in [1.82, 2.24) is 14.8 Å². The number of benzene rings is 1. The quantitative estimate of drug-likeness (QED) is 0.895. The first-order valence-corrected chi connectivity index (χ1v) is 9.82. The third kappa shape index (κ3) is 3.98. The van der Waals surface area contributed by atoms with Crippen LogP contribution in [0.3, 0.4) is 0 Å². The van der Waals surface area contributed by atoms with Crippen LogP contribution in [0.2, 0.25) is 0 Å². The first kappa shape index (κ1) is 18.6. The van der Waals surface area contributed by atoms with E-state index in [0.29, 0.717) is 18.1 Å². The summed E-state index contributed by atoms with van der Waals surface area (Å²) in [5.41, 5.74) is 1.10. The fourth-order valence-electron chi connectivity index (χ4n) is 2.98. The van der Waals surface area contributed by atoms with E-state index in [1.54, 1.807) is 16.7 Å². The molecule has 0 aliphatic carbocycles. The second-order valence-corrected chi connectivity index (χ2v) is 8.46. The number of nitrogens with zero attached hydrogens (tertiary/aromatic N) is 2. The van der Waals surface area contributed by atoms with E-state index in [-0.39, 0.29) is 18.0 Å². The highest BCUT2D eigenvalue weighted by Crippen LogP contribution is 2.23. The van der Waals surface area contributed by atoms with Crippen LogP contribution in [0, 0.1) is 0 Å². The first-order valence-electron chi connectivity index (χ1n) is 8.66. The fourth-order valence-corrected chi connectivity index (χ4v) is 4.17. The van der Waals surface area contributed by atoms with Crippen molar-refractivity contribution in [2.45, 2.75) is 32.4 Å². The molecule has 2 aromatic rings. The maximum Gasteiger partial charge on any atom is 0.411 e. The molecule has 6 nitrogen and oxygen atoms in total. The summed E-state index contributed by atoms with van der Waals surface area (Å²) in [5.74, 6) is 1.24. The molecule has 3 rings (SSSR count). The number of carbonyl (C=O) groups is 2. The topological polar surface area (TPSA) is 63.6 Å². The molecule has 0 radical (unpaired) electrons. The molecule has 1 saturated heterocycles. The van der Waals surface area contributed by atoms with Crippen molar-refractivity contribution in [1.29, 1.82) is 0 Å². The summed E-state index contributed by atoms with van der Waals surface area (Å²) >= 11 is 1.67. The number of fused-ring (bicyclic) bond motifs is 1. The Labute approximate surface area is 157 Å². The van der Waals surface area contributed by atoms with Gasteiger partial charge in [-0.05, 0) is 32.9 Å².